The lowest BCUT2D eigenvalue weighted by Crippen LogP contribution is -2.49. The number of carbonyl (C=O) groups is 1. The van der Waals surface area contributed by atoms with Gasteiger partial charge in [0.25, 0.3) is 5.91 Å². The number of nitrogens with one attached hydrogen (secondary N) is 1. The Balaban J connectivity index is 1.57. The van der Waals surface area contributed by atoms with Crippen LogP contribution in [0.2, 0.25) is 0 Å². The molecule has 0 radical (unpaired) electrons. The zero-order valence-corrected chi connectivity index (χ0v) is 16.6. The summed E-state index contributed by atoms with van der Waals surface area (Å²) < 4.78 is 0. The number of piperazine rings is 1. The number of aromatic nitrogens is 1. The minimum absolute atomic E-state index is 0.0198. The highest BCUT2D eigenvalue weighted by Crippen LogP contribution is 2.19. The van der Waals surface area contributed by atoms with E-state index in [-0.39, 0.29) is 5.91 Å². The number of pyridine rings is 1. The van der Waals surface area contributed by atoms with E-state index in [0.717, 1.165) is 44.8 Å². The zero-order chi connectivity index (χ0) is 19.2. The van der Waals surface area contributed by atoms with Crippen molar-refractivity contribution < 1.29 is 4.79 Å². The van der Waals surface area contributed by atoms with Gasteiger partial charge in [-0.05, 0) is 49.1 Å². The smallest absolute Gasteiger partial charge is 0.272 e. The summed E-state index contributed by atoms with van der Waals surface area (Å²) >= 11 is 0. The van der Waals surface area contributed by atoms with Gasteiger partial charge in [0.1, 0.15) is 5.69 Å². The van der Waals surface area contributed by atoms with Crippen molar-refractivity contribution in [3.05, 3.63) is 53.9 Å². The summed E-state index contributed by atoms with van der Waals surface area (Å²) in [6.45, 7) is 10.6. The van der Waals surface area contributed by atoms with Crippen LogP contribution in [0.5, 0.6) is 0 Å². The molecule has 1 aromatic carbocycles. The molecule has 0 aliphatic carbocycles. The minimum atomic E-state index is 0.0198. The first-order valence-electron chi connectivity index (χ1n) is 9.84. The quantitative estimate of drug-likeness (QED) is 0.845. The number of hydrogen-bond donors (Lipinski definition) is 1. The topological polar surface area (TPSA) is 48.5 Å². The molecule has 1 aliphatic heterocycles. The molecular formula is C22H30N4O. The molecule has 0 unspecified atom stereocenters. The van der Waals surface area contributed by atoms with Gasteiger partial charge in [0.15, 0.2) is 0 Å². The first kappa shape index (κ1) is 19.2. The largest absolute Gasteiger partial charge is 0.385 e. The van der Waals surface area contributed by atoms with Crippen LogP contribution in [-0.4, -0.2) is 48.5 Å². The predicted molar refractivity (Wildman–Crippen MR) is 111 cm³/mol. The summed E-state index contributed by atoms with van der Waals surface area (Å²) in [6.07, 6.45) is 2.82. The van der Waals surface area contributed by atoms with Crippen molar-refractivity contribution in [3.63, 3.8) is 0 Å². The Kier molecular flexibility index (Phi) is 6.32. The molecule has 3 rings (SSSR count). The van der Waals surface area contributed by atoms with E-state index in [9.17, 15) is 4.79 Å². The average molecular weight is 367 g/mol. The van der Waals surface area contributed by atoms with Gasteiger partial charge in [-0.25, -0.2) is 0 Å². The predicted octanol–water partition coefficient (Wildman–Crippen LogP) is 3.81. The van der Waals surface area contributed by atoms with Crippen molar-refractivity contribution in [2.75, 3.05) is 42.9 Å². The van der Waals surface area contributed by atoms with Gasteiger partial charge in [-0.15, -0.1) is 0 Å². The highest BCUT2D eigenvalue weighted by Gasteiger charge is 2.23. The normalized spacial score (nSPS) is 14.5. The van der Waals surface area contributed by atoms with Gasteiger partial charge in [0.05, 0.1) is 0 Å². The maximum atomic E-state index is 12.8. The molecule has 1 aromatic heterocycles. The van der Waals surface area contributed by atoms with Crippen molar-refractivity contribution in [1.29, 1.82) is 0 Å². The Morgan fingerprint density at radius 1 is 1.15 bits per heavy atom. The number of rotatable bonds is 6. The molecule has 2 aromatic rings. The minimum Gasteiger partial charge on any atom is -0.385 e. The second-order valence-corrected chi connectivity index (χ2v) is 7.66. The fourth-order valence-electron chi connectivity index (χ4n) is 3.32. The summed E-state index contributed by atoms with van der Waals surface area (Å²) in [5.74, 6) is 0.677. The maximum absolute atomic E-state index is 12.8. The molecule has 0 bridgehead atoms. The molecule has 0 saturated carbocycles. The molecule has 144 valence electrons. The third kappa shape index (κ3) is 5.22. The van der Waals surface area contributed by atoms with E-state index in [4.69, 9.17) is 0 Å². The van der Waals surface area contributed by atoms with E-state index >= 15 is 0 Å². The van der Waals surface area contributed by atoms with Crippen LogP contribution >= 0.6 is 0 Å². The van der Waals surface area contributed by atoms with Crippen LogP contribution in [0.4, 0.5) is 11.4 Å². The molecule has 1 N–H and O–H groups in total. The number of aryl methyl sites for hydroxylation is 1. The lowest BCUT2D eigenvalue weighted by atomic mass is 10.1. The van der Waals surface area contributed by atoms with Crippen molar-refractivity contribution >= 4 is 17.3 Å². The van der Waals surface area contributed by atoms with Gasteiger partial charge >= 0.3 is 0 Å². The Labute approximate surface area is 162 Å². The highest BCUT2D eigenvalue weighted by atomic mass is 16.2. The van der Waals surface area contributed by atoms with E-state index in [1.165, 1.54) is 11.3 Å². The number of hydrogen-bond acceptors (Lipinski definition) is 4. The highest BCUT2D eigenvalue weighted by molar-refractivity contribution is 5.93. The molecule has 5 nitrogen and oxygen atoms in total. The van der Waals surface area contributed by atoms with Gasteiger partial charge in [-0.3, -0.25) is 9.78 Å². The first-order chi connectivity index (χ1) is 13.0. The second kappa shape index (κ2) is 8.89. The molecule has 1 aliphatic rings. The number of amides is 1. The third-order valence-corrected chi connectivity index (χ3v) is 4.96. The van der Waals surface area contributed by atoms with E-state index in [2.05, 4.69) is 60.2 Å². The SMILES string of the molecule is Cc1cccc(N2CCN(C(=O)c3cc(NCCC(C)C)ccn3)CC2)c1. The van der Waals surface area contributed by atoms with Gasteiger partial charge in [-0.2, -0.15) is 0 Å². The summed E-state index contributed by atoms with van der Waals surface area (Å²) in [6, 6.07) is 12.3. The van der Waals surface area contributed by atoms with Crippen molar-refractivity contribution in [2.45, 2.75) is 27.2 Å². The Hall–Kier alpha value is -2.56. The molecule has 0 spiro atoms. The van der Waals surface area contributed by atoms with E-state index in [0.29, 0.717) is 11.6 Å². The third-order valence-electron chi connectivity index (χ3n) is 4.96. The summed E-state index contributed by atoms with van der Waals surface area (Å²) in [7, 11) is 0. The lowest BCUT2D eigenvalue weighted by molar-refractivity contribution is 0.0741. The van der Waals surface area contributed by atoms with Crippen LogP contribution in [0, 0.1) is 12.8 Å². The number of benzene rings is 1. The Bertz CT molecular complexity index is 766. The van der Waals surface area contributed by atoms with Crippen LogP contribution < -0.4 is 10.2 Å². The first-order valence-corrected chi connectivity index (χ1v) is 9.84. The average Bonchev–Trinajstić information content (AvgIpc) is 2.67. The number of nitrogens with zero attached hydrogens (tertiary/aromatic N) is 3. The van der Waals surface area contributed by atoms with Crippen LogP contribution in [0.25, 0.3) is 0 Å². The monoisotopic (exact) mass is 366 g/mol. The lowest BCUT2D eigenvalue weighted by Gasteiger charge is -2.36. The molecule has 5 heteroatoms. The molecule has 0 atom stereocenters. The molecule has 2 heterocycles. The molecular weight excluding hydrogens is 336 g/mol. The van der Waals surface area contributed by atoms with Crippen LogP contribution in [0.15, 0.2) is 42.6 Å². The summed E-state index contributed by atoms with van der Waals surface area (Å²) in [4.78, 5) is 21.4. The van der Waals surface area contributed by atoms with Crippen LogP contribution in [0.1, 0.15) is 36.3 Å². The maximum Gasteiger partial charge on any atom is 0.272 e. The van der Waals surface area contributed by atoms with Crippen molar-refractivity contribution in [2.24, 2.45) is 5.92 Å². The fraction of sp³-hybridized carbons (Fsp3) is 0.455. The molecule has 1 fully saturated rings. The molecule has 1 saturated heterocycles. The van der Waals surface area contributed by atoms with Gasteiger partial charge in [-0.1, -0.05) is 26.0 Å². The van der Waals surface area contributed by atoms with Crippen molar-refractivity contribution in [3.8, 4) is 0 Å². The van der Waals surface area contributed by atoms with Crippen LogP contribution in [-0.2, 0) is 0 Å². The molecule has 27 heavy (non-hydrogen) atoms. The van der Waals surface area contributed by atoms with Gasteiger partial charge < -0.3 is 15.1 Å². The Morgan fingerprint density at radius 3 is 2.63 bits per heavy atom. The Morgan fingerprint density at radius 2 is 1.93 bits per heavy atom. The fourth-order valence-corrected chi connectivity index (χ4v) is 3.32. The number of carbonyl (C=O) groups excluding carboxylic acids is 1. The standard InChI is InChI=1S/C22H30N4O/c1-17(2)7-9-23-19-8-10-24-21(16-19)22(27)26-13-11-25(12-14-26)20-6-4-5-18(3)15-20/h4-6,8,10,15-17H,7,9,11-14H2,1-3H3,(H,23,24). The zero-order valence-electron chi connectivity index (χ0n) is 16.6. The van der Waals surface area contributed by atoms with E-state index in [1.54, 1.807) is 6.20 Å². The van der Waals surface area contributed by atoms with Gasteiger partial charge in [0.2, 0.25) is 0 Å². The van der Waals surface area contributed by atoms with E-state index < -0.39 is 0 Å². The summed E-state index contributed by atoms with van der Waals surface area (Å²) in [5, 5.41) is 3.39. The van der Waals surface area contributed by atoms with E-state index in [1.807, 2.05) is 17.0 Å². The second-order valence-electron chi connectivity index (χ2n) is 7.66. The van der Waals surface area contributed by atoms with Crippen molar-refractivity contribution in [1.82, 2.24) is 9.88 Å². The van der Waals surface area contributed by atoms with Crippen LogP contribution in [0.3, 0.4) is 0 Å². The number of anilines is 2. The molecule has 1 amide bonds. The summed E-state index contributed by atoms with van der Waals surface area (Å²) in [5.41, 5.74) is 3.98. The van der Waals surface area contributed by atoms with Gasteiger partial charge in [0, 0.05) is 50.3 Å².